The van der Waals surface area contributed by atoms with Crippen molar-refractivity contribution in [3.8, 4) is 0 Å². The van der Waals surface area contributed by atoms with Gasteiger partial charge in [0.2, 0.25) is 26.0 Å². The minimum atomic E-state index is -3.64. The number of hydrogen-bond donors (Lipinski definition) is 2. The summed E-state index contributed by atoms with van der Waals surface area (Å²) in [6, 6.07) is 5.81. The van der Waals surface area contributed by atoms with Gasteiger partial charge in [0.05, 0.1) is 11.3 Å². The molecule has 1 aliphatic carbocycles. The van der Waals surface area contributed by atoms with Gasteiger partial charge < -0.3 is 5.73 Å². The molecule has 1 saturated heterocycles. The molecule has 0 bridgehead atoms. The molecule has 1 saturated carbocycles. The summed E-state index contributed by atoms with van der Waals surface area (Å²) in [5, 5.41) is 0.850. The lowest BCUT2D eigenvalue weighted by atomic mass is 10.1. The summed E-state index contributed by atoms with van der Waals surface area (Å²) >= 11 is 0. The van der Waals surface area contributed by atoms with Gasteiger partial charge in [-0.05, 0) is 29.5 Å². The number of piperidine rings is 1. The third-order valence-corrected chi connectivity index (χ3v) is 7.51. The van der Waals surface area contributed by atoms with Gasteiger partial charge in [-0.3, -0.25) is 4.79 Å². The predicted octanol–water partition coefficient (Wildman–Crippen LogP) is -0.604. The van der Waals surface area contributed by atoms with Crippen molar-refractivity contribution in [2.45, 2.75) is 17.4 Å². The smallest absolute Gasteiger partial charge is 0.243 e. The molecule has 1 heterocycles. The molecule has 10 heteroatoms. The lowest BCUT2D eigenvalue weighted by Gasteiger charge is -2.20. The zero-order valence-corrected chi connectivity index (χ0v) is 15.0. The van der Waals surface area contributed by atoms with Crippen molar-refractivity contribution in [2.24, 2.45) is 17.6 Å². The number of benzene rings is 1. The highest BCUT2D eigenvalue weighted by molar-refractivity contribution is 7.92. The molecular weight excluding hydrogens is 366 g/mol. The van der Waals surface area contributed by atoms with Gasteiger partial charge in [0.1, 0.15) is 0 Å². The van der Waals surface area contributed by atoms with Crippen LogP contribution in [0.4, 0.5) is 0 Å². The van der Waals surface area contributed by atoms with E-state index >= 15 is 0 Å². The summed E-state index contributed by atoms with van der Waals surface area (Å²) in [5.74, 6) is -0.513. The maximum absolute atomic E-state index is 12.7. The molecule has 3 N–H and O–H groups in total. The van der Waals surface area contributed by atoms with Crippen LogP contribution in [0.25, 0.3) is 0 Å². The van der Waals surface area contributed by atoms with Crippen LogP contribution in [0.3, 0.4) is 0 Å². The van der Waals surface area contributed by atoms with Crippen LogP contribution in [0, 0.1) is 11.8 Å². The Hall–Kier alpha value is -1.75. The van der Waals surface area contributed by atoms with Crippen LogP contribution in [0.15, 0.2) is 41.1 Å². The molecule has 2 fully saturated rings. The standard InChI is InChI=1S/C15H19N3O5S2/c1-2-24(20,21)17-15-12-8-18(9-13(12)15)25(22,23)11-5-3-10(4-6-11)7-14(16)19/h2-6,12-13,15,17H,1,7-9H2,(H2,16,19)/t12-,13+,15+. The van der Waals surface area contributed by atoms with Crippen molar-refractivity contribution in [3.63, 3.8) is 0 Å². The third-order valence-electron chi connectivity index (χ3n) is 4.62. The van der Waals surface area contributed by atoms with Crippen LogP contribution in [0.1, 0.15) is 5.56 Å². The fourth-order valence-corrected chi connectivity index (χ4v) is 5.57. The summed E-state index contributed by atoms with van der Waals surface area (Å²) in [6.45, 7) is 3.80. The fraction of sp³-hybridized carbons (Fsp3) is 0.400. The fourth-order valence-electron chi connectivity index (χ4n) is 3.23. The second kappa shape index (κ2) is 6.20. The van der Waals surface area contributed by atoms with Crippen molar-refractivity contribution in [1.29, 1.82) is 0 Å². The van der Waals surface area contributed by atoms with Gasteiger partial charge in [-0.15, -0.1) is 0 Å². The molecule has 1 aromatic carbocycles. The zero-order chi connectivity index (χ0) is 18.4. The van der Waals surface area contributed by atoms with Crippen molar-refractivity contribution in [2.75, 3.05) is 13.1 Å². The van der Waals surface area contributed by atoms with E-state index in [9.17, 15) is 21.6 Å². The van der Waals surface area contributed by atoms with E-state index in [1.807, 2.05) is 0 Å². The number of carbonyl (C=O) groups excluding carboxylic acids is 1. The second-order valence-electron chi connectivity index (χ2n) is 6.29. The highest BCUT2D eigenvalue weighted by Crippen LogP contribution is 2.47. The molecule has 1 amide bonds. The number of amides is 1. The van der Waals surface area contributed by atoms with Gasteiger partial charge in [0.25, 0.3) is 0 Å². The van der Waals surface area contributed by atoms with Crippen molar-refractivity contribution in [1.82, 2.24) is 9.03 Å². The van der Waals surface area contributed by atoms with Crippen LogP contribution in [0.2, 0.25) is 0 Å². The van der Waals surface area contributed by atoms with Gasteiger partial charge in [-0.2, -0.15) is 4.31 Å². The van der Waals surface area contributed by atoms with Crippen LogP contribution >= 0.6 is 0 Å². The van der Waals surface area contributed by atoms with Crippen LogP contribution in [-0.2, 0) is 31.3 Å². The molecular formula is C15H19N3O5S2. The molecule has 2 aliphatic rings. The average molecular weight is 385 g/mol. The molecule has 8 nitrogen and oxygen atoms in total. The van der Waals surface area contributed by atoms with E-state index in [0.29, 0.717) is 5.56 Å². The number of rotatable bonds is 7. The highest BCUT2D eigenvalue weighted by Gasteiger charge is 2.59. The Labute approximate surface area is 146 Å². The Morgan fingerprint density at radius 2 is 1.76 bits per heavy atom. The lowest BCUT2D eigenvalue weighted by molar-refractivity contribution is -0.117. The maximum atomic E-state index is 12.7. The lowest BCUT2D eigenvalue weighted by Crippen LogP contribution is -2.36. The molecule has 3 atom stereocenters. The first-order valence-corrected chi connectivity index (χ1v) is 10.6. The Morgan fingerprint density at radius 1 is 1.20 bits per heavy atom. The monoisotopic (exact) mass is 385 g/mol. The van der Waals surface area contributed by atoms with Crippen LogP contribution < -0.4 is 10.5 Å². The van der Waals surface area contributed by atoms with Gasteiger partial charge in [-0.25, -0.2) is 21.6 Å². The van der Waals surface area contributed by atoms with Crippen LogP contribution in [0.5, 0.6) is 0 Å². The number of nitrogens with zero attached hydrogens (tertiary/aromatic N) is 1. The van der Waals surface area contributed by atoms with E-state index in [2.05, 4.69) is 11.3 Å². The Bertz CT molecular complexity index is 897. The Kier molecular flexibility index (Phi) is 4.48. The van der Waals surface area contributed by atoms with E-state index < -0.39 is 26.0 Å². The summed E-state index contributed by atoms with van der Waals surface area (Å²) in [6.07, 6.45) is 0.0549. The minimum Gasteiger partial charge on any atom is -0.369 e. The summed E-state index contributed by atoms with van der Waals surface area (Å²) in [5.41, 5.74) is 5.76. The van der Waals surface area contributed by atoms with Crippen molar-refractivity contribution < 1.29 is 21.6 Å². The maximum Gasteiger partial charge on any atom is 0.243 e. The molecule has 25 heavy (non-hydrogen) atoms. The number of primary amides is 1. The van der Waals surface area contributed by atoms with E-state index in [1.54, 1.807) is 12.1 Å². The quantitative estimate of drug-likeness (QED) is 0.648. The van der Waals surface area contributed by atoms with E-state index in [-0.39, 0.29) is 42.3 Å². The number of sulfonamides is 2. The normalized spacial score (nSPS) is 26.2. The van der Waals surface area contributed by atoms with Gasteiger partial charge in [0.15, 0.2) is 0 Å². The van der Waals surface area contributed by atoms with Crippen molar-refractivity contribution >= 4 is 26.0 Å². The van der Waals surface area contributed by atoms with Crippen molar-refractivity contribution in [3.05, 3.63) is 41.8 Å². The van der Waals surface area contributed by atoms with Gasteiger partial charge in [-0.1, -0.05) is 18.7 Å². The molecule has 3 rings (SSSR count). The SMILES string of the molecule is C=CS(=O)(=O)N[C@H]1[C@@H]2CN(S(=O)(=O)c3ccc(CC(N)=O)cc3)C[C@@H]21. The molecule has 0 spiro atoms. The molecule has 1 aliphatic heterocycles. The number of nitrogens with one attached hydrogen (secondary N) is 1. The largest absolute Gasteiger partial charge is 0.369 e. The topological polar surface area (TPSA) is 127 Å². The van der Waals surface area contributed by atoms with Gasteiger partial charge >= 0.3 is 0 Å². The zero-order valence-electron chi connectivity index (χ0n) is 13.3. The molecule has 1 aromatic rings. The average Bonchev–Trinajstić information content (AvgIpc) is 2.96. The summed E-state index contributed by atoms with van der Waals surface area (Å²) in [4.78, 5) is 11.0. The number of hydrogen-bond acceptors (Lipinski definition) is 5. The van der Waals surface area contributed by atoms with E-state index in [1.165, 1.54) is 16.4 Å². The highest BCUT2D eigenvalue weighted by atomic mass is 32.2. The van der Waals surface area contributed by atoms with Crippen LogP contribution in [-0.4, -0.2) is 46.2 Å². The molecule has 136 valence electrons. The first kappa shape index (κ1) is 18.1. The minimum absolute atomic E-state index is 0.0152. The Morgan fingerprint density at radius 3 is 2.24 bits per heavy atom. The van der Waals surface area contributed by atoms with E-state index in [4.69, 9.17) is 5.73 Å². The summed E-state index contributed by atoms with van der Waals surface area (Å²) in [7, 11) is -7.15. The van der Waals surface area contributed by atoms with Gasteiger partial charge in [0, 0.05) is 24.5 Å². The molecule has 0 unspecified atom stereocenters. The molecule has 0 aromatic heterocycles. The Balaban J connectivity index is 1.66. The number of fused-ring (bicyclic) bond motifs is 1. The number of carbonyl (C=O) groups is 1. The first-order chi connectivity index (χ1) is 11.6. The van der Waals surface area contributed by atoms with E-state index in [0.717, 1.165) is 5.41 Å². The third kappa shape index (κ3) is 3.61. The molecule has 0 radical (unpaired) electrons. The first-order valence-electron chi connectivity index (χ1n) is 7.66. The predicted molar refractivity (Wildman–Crippen MR) is 91.1 cm³/mol. The summed E-state index contributed by atoms with van der Waals surface area (Å²) < 4.78 is 52.2. The second-order valence-corrected chi connectivity index (χ2v) is 9.89. The number of nitrogens with two attached hydrogens (primary N) is 1.